The van der Waals surface area contributed by atoms with Crippen LogP contribution >= 0.6 is 0 Å². The molecule has 32 heavy (non-hydrogen) atoms. The normalized spacial score (nSPS) is 19.8. The van der Waals surface area contributed by atoms with Gasteiger partial charge in [0.05, 0.1) is 10.4 Å². The second kappa shape index (κ2) is 10.9. The van der Waals surface area contributed by atoms with Gasteiger partial charge in [0.1, 0.15) is 0 Å². The van der Waals surface area contributed by atoms with Crippen LogP contribution in [0.5, 0.6) is 0 Å². The Morgan fingerprint density at radius 2 is 1.81 bits per heavy atom. The third-order valence-corrected chi connectivity index (χ3v) is 7.87. The van der Waals surface area contributed by atoms with E-state index in [4.69, 9.17) is 0 Å². The predicted molar refractivity (Wildman–Crippen MR) is 129 cm³/mol. The number of sulfonamides is 1. The van der Waals surface area contributed by atoms with Gasteiger partial charge in [0.25, 0.3) is 0 Å². The first kappa shape index (κ1) is 26.5. The van der Waals surface area contributed by atoms with Crippen LogP contribution in [0.1, 0.15) is 66.4 Å². The van der Waals surface area contributed by atoms with Gasteiger partial charge in [-0.2, -0.15) is 0 Å². The van der Waals surface area contributed by atoms with E-state index in [2.05, 4.69) is 34.1 Å². The SMILES string of the molecule is CCc1c(N2CC(C)NC(C)C2)ccc(NC(=O)CCCCNS(=O)(=O)C(C)(C)C)c1F. The fourth-order valence-electron chi connectivity index (χ4n) is 3.91. The largest absolute Gasteiger partial charge is 0.368 e. The van der Waals surface area contributed by atoms with Gasteiger partial charge in [0.2, 0.25) is 15.9 Å². The number of carbonyl (C=O) groups excluding carboxylic acids is 1. The van der Waals surface area contributed by atoms with Gasteiger partial charge in [-0.05, 0) is 66.0 Å². The average Bonchev–Trinajstić information content (AvgIpc) is 2.67. The molecule has 1 aromatic rings. The van der Waals surface area contributed by atoms with Crippen LogP contribution in [0.3, 0.4) is 0 Å². The van der Waals surface area contributed by atoms with E-state index in [-0.39, 0.29) is 30.4 Å². The number of nitrogens with zero attached hydrogens (tertiary/aromatic N) is 1. The molecule has 1 heterocycles. The molecule has 9 heteroatoms. The average molecular weight is 471 g/mol. The minimum Gasteiger partial charge on any atom is -0.368 e. The maximum atomic E-state index is 15.2. The number of nitrogens with one attached hydrogen (secondary N) is 3. The minimum atomic E-state index is -3.39. The summed E-state index contributed by atoms with van der Waals surface area (Å²) in [5, 5.41) is 6.16. The molecule has 1 aliphatic rings. The maximum absolute atomic E-state index is 15.2. The molecule has 182 valence electrons. The van der Waals surface area contributed by atoms with Gasteiger partial charge in [0.15, 0.2) is 5.82 Å². The second-order valence-electron chi connectivity index (χ2n) is 9.67. The standard InChI is InChI=1S/C23H39FN4O3S/c1-7-18-20(28-14-16(2)26-17(3)15-28)12-11-19(22(18)24)27-21(29)10-8-9-13-25-32(30,31)23(4,5)6/h11-12,16-17,25-26H,7-10,13-15H2,1-6H3,(H,27,29). The van der Waals surface area contributed by atoms with E-state index < -0.39 is 14.8 Å². The maximum Gasteiger partial charge on any atom is 0.224 e. The number of hydrogen-bond donors (Lipinski definition) is 3. The molecule has 0 bridgehead atoms. The third kappa shape index (κ3) is 6.89. The van der Waals surface area contributed by atoms with E-state index in [1.54, 1.807) is 26.8 Å². The highest BCUT2D eigenvalue weighted by Gasteiger charge is 2.28. The molecule has 7 nitrogen and oxygen atoms in total. The van der Waals surface area contributed by atoms with Crippen molar-refractivity contribution in [2.45, 2.75) is 84.1 Å². The number of amides is 1. The van der Waals surface area contributed by atoms with Crippen molar-refractivity contribution in [2.75, 3.05) is 29.9 Å². The van der Waals surface area contributed by atoms with E-state index in [1.165, 1.54) is 0 Å². The van der Waals surface area contributed by atoms with E-state index in [0.29, 0.717) is 36.9 Å². The lowest BCUT2D eigenvalue weighted by atomic mass is 10.0. The number of carbonyl (C=O) groups is 1. The van der Waals surface area contributed by atoms with E-state index >= 15 is 4.39 Å². The van der Waals surface area contributed by atoms with Crippen LogP contribution in [0.4, 0.5) is 15.8 Å². The van der Waals surface area contributed by atoms with E-state index in [9.17, 15) is 13.2 Å². The summed E-state index contributed by atoms with van der Waals surface area (Å²) < 4.78 is 40.9. The zero-order chi connectivity index (χ0) is 24.1. The summed E-state index contributed by atoms with van der Waals surface area (Å²) in [5.74, 6) is -0.656. The molecule has 0 saturated carbocycles. The lowest BCUT2D eigenvalue weighted by Gasteiger charge is -2.38. The Balaban J connectivity index is 1.93. The number of rotatable bonds is 9. The predicted octanol–water partition coefficient (Wildman–Crippen LogP) is 3.40. The summed E-state index contributed by atoms with van der Waals surface area (Å²) in [6.45, 7) is 13.0. The molecule has 1 fully saturated rings. The number of halogens is 1. The molecule has 3 N–H and O–H groups in total. The Kier molecular flexibility index (Phi) is 9.07. The Labute approximate surface area is 192 Å². The van der Waals surface area contributed by atoms with Gasteiger partial charge in [-0.1, -0.05) is 6.92 Å². The summed E-state index contributed by atoms with van der Waals surface area (Å²) in [7, 11) is -3.39. The highest BCUT2D eigenvalue weighted by molar-refractivity contribution is 7.90. The van der Waals surface area contributed by atoms with Crippen LogP contribution in [-0.4, -0.2) is 50.8 Å². The van der Waals surface area contributed by atoms with Crippen molar-refractivity contribution in [3.63, 3.8) is 0 Å². The van der Waals surface area contributed by atoms with Crippen molar-refractivity contribution in [3.05, 3.63) is 23.5 Å². The van der Waals surface area contributed by atoms with Crippen molar-refractivity contribution >= 4 is 27.3 Å². The van der Waals surface area contributed by atoms with Crippen LogP contribution in [0.25, 0.3) is 0 Å². The summed E-state index contributed by atoms with van der Waals surface area (Å²) in [6.07, 6.45) is 1.78. The molecule has 2 rings (SSSR count). The highest BCUT2D eigenvalue weighted by atomic mass is 32.2. The van der Waals surface area contributed by atoms with Crippen LogP contribution in [0, 0.1) is 5.82 Å². The summed E-state index contributed by atoms with van der Waals surface area (Å²) in [5.41, 5.74) is 1.69. The quantitative estimate of drug-likeness (QED) is 0.481. The zero-order valence-electron chi connectivity index (χ0n) is 20.2. The molecule has 0 spiro atoms. The molecular formula is C23H39FN4O3S. The van der Waals surface area contributed by atoms with Crippen LogP contribution in [0.15, 0.2) is 12.1 Å². The van der Waals surface area contributed by atoms with Crippen molar-refractivity contribution in [3.8, 4) is 0 Å². The lowest BCUT2D eigenvalue weighted by Crippen LogP contribution is -2.54. The molecule has 1 saturated heterocycles. The van der Waals surface area contributed by atoms with Gasteiger partial charge in [-0.15, -0.1) is 0 Å². The van der Waals surface area contributed by atoms with Crippen LogP contribution < -0.4 is 20.3 Å². The van der Waals surface area contributed by atoms with Crippen LogP contribution in [0.2, 0.25) is 0 Å². The lowest BCUT2D eigenvalue weighted by molar-refractivity contribution is -0.116. The number of unbranched alkanes of at least 4 members (excludes halogenated alkanes) is 1. The topological polar surface area (TPSA) is 90.5 Å². The number of anilines is 2. The number of hydrogen-bond acceptors (Lipinski definition) is 5. The first-order valence-electron chi connectivity index (χ1n) is 11.5. The Morgan fingerprint density at radius 1 is 1.19 bits per heavy atom. The van der Waals surface area contributed by atoms with Gasteiger partial charge in [-0.25, -0.2) is 17.5 Å². The van der Waals surface area contributed by atoms with Crippen molar-refractivity contribution in [1.82, 2.24) is 10.0 Å². The van der Waals surface area contributed by atoms with Crippen molar-refractivity contribution < 1.29 is 17.6 Å². The van der Waals surface area contributed by atoms with Gasteiger partial charge >= 0.3 is 0 Å². The molecule has 0 aromatic heterocycles. The second-order valence-corrected chi connectivity index (χ2v) is 12.2. The van der Waals surface area contributed by atoms with Gasteiger partial charge in [0, 0.05) is 49.4 Å². The van der Waals surface area contributed by atoms with Gasteiger partial charge in [-0.3, -0.25) is 4.79 Å². The fraction of sp³-hybridized carbons (Fsp3) is 0.696. The van der Waals surface area contributed by atoms with Crippen molar-refractivity contribution in [2.24, 2.45) is 0 Å². The molecule has 2 atom stereocenters. The van der Waals surface area contributed by atoms with Gasteiger partial charge < -0.3 is 15.5 Å². The molecular weight excluding hydrogens is 431 g/mol. The first-order valence-corrected chi connectivity index (χ1v) is 13.0. The molecule has 0 aliphatic carbocycles. The number of piperazine rings is 1. The smallest absolute Gasteiger partial charge is 0.224 e. The zero-order valence-corrected chi connectivity index (χ0v) is 21.0. The number of benzene rings is 1. The third-order valence-electron chi connectivity index (χ3n) is 5.67. The molecule has 0 radical (unpaired) electrons. The summed E-state index contributed by atoms with van der Waals surface area (Å²) >= 11 is 0. The van der Waals surface area contributed by atoms with E-state index in [0.717, 1.165) is 18.8 Å². The Bertz CT molecular complexity index is 889. The summed E-state index contributed by atoms with van der Waals surface area (Å²) in [6, 6.07) is 4.16. The minimum absolute atomic E-state index is 0.195. The molecule has 1 aromatic carbocycles. The van der Waals surface area contributed by atoms with Crippen LogP contribution in [-0.2, 0) is 21.2 Å². The van der Waals surface area contributed by atoms with Crippen molar-refractivity contribution in [1.29, 1.82) is 0 Å². The Morgan fingerprint density at radius 3 is 2.38 bits per heavy atom. The molecule has 1 aliphatic heterocycles. The fourth-order valence-corrected chi connectivity index (χ4v) is 4.76. The summed E-state index contributed by atoms with van der Waals surface area (Å²) in [4.78, 5) is 14.5. The highest BCUT2D eigenvalue weighted by Crippen LogP contribution is 2.30. The monoisotopic (exact) mass is 470 g/mol. The molecule has 1 amide bonds. The van der Waals surface area contributed by atoms with E-state index in [1.807, 2.05) is 13.0 Å². The Hall–Kier alpha value is -1.71. The molecule has 2 unspecified atom stereocenters. The first-order chi connectivity index (χ1) is 14.9.